The molecule has 0 aliphatic rings. The van der Waals surface area contributed by atoms with Crippen molar-refractivity contribution < 1.29 is 0 Å². The molecule has 0 saturated heterocycles. The summed E-state index contributed by atoms with van der Waals surface area (Å²) >= 11 is 6.60. The summed E-state index contributed by atoms with van der Waals surface area (Å²) < 4.78 is 4.34. The standard InChI is InChI=1S/C33H20ClN5/c34-32-35-31(36-33(37-32)39-28-18-8-3-13-23(28)24-14-4-9-19-29(24)39)25-15-5-10-20-30(25)38-26-16-6-1-11-21(26)22-12-2-7-17-27(22)38/h1-20H. The van der Waals surface area contributed by atoms with Crippen molar-refractivity contribution >= 4 is 55.2 Å². The van der Waals surface area contributed by atoms with Gasteiger partial charge in [0.1, 0.15) is 0 Å². The monoisotopic (exact) mass is 521 g/mol. The lowest BCUT2D eigenvalue weighted by Crippen LogP contribution is -2.06. The Bertz CT molecular complexity index is 2100. The molecular formula is C33H20ClN5. The number of nitrogens with zero attached hydrogens (tertiary/aromatic N) is 5. The van der Waals surface area contributed by atoms with Crippen LogP contribution in [-0.2, 0) is 0 Å². The number of rotatable bonds is 3. The van der Waals surface area contributed by atoms with Gasteiger partial charge in [0.15, 0.2) is 5.82 Å². The van der Waals surface area contributed by atoms with Crippen LogP contribution >= 0.6 is 11.6 Å². The van der Waals surface area contributed by atoms with Gasteiger partial charge >= 0.3 is 0 Å². The summed E-state index contributed by atoms with van der Waals surface area (Å²) in [6.07, 6.45) is 0. The molecule has 0 bridgehead atoms. The van der Waals surface area contributed by atoms with Gasteiger partial charge < -0.3 is 4.57 Å². The van der Waals surface area contributed by atoms with Gasteiger partial charge in [0.25, 0.3) is 0 Å². The fourth-order valence-corrected chi connectivity index (χ4v) is 5.89. The Balaban J connectivity index is 1.41. The van der Waals surface area contributed by atoms with Gasteiger partial charge in [-0.1, -0.05) is 84.9 Å². The summed E-state index contributed by atoms with van der Waals surface area (Å²) in [5, 5.41) is 4.81. The highest BCUT2D eigenvalue weighted by molar-refractivity contribution is 6.28. The van der Waals surface area contributed by atoms with Gasteiger partial charge in [-0.25, -0.2) is 0 Å². The van der Waals surface area contributed by atoms with Gasteiger partial charge in [0.2, 0.25) is 11.2 Å². The van der Waals surface area contributed by atoms with Crippen molar-refractivity contribution in [1.29, 1.82) is 0 Å². The highest BCUT2D eigenvalue weighted by atomic mass is 35.5. The molecular weight excluding hydrogens is 502 g/mol. The molecule has 0 N–H and O–H groups in total. The zero-order chi connectivity index (χ0) is 25.9. The number of halogens is 1. The van der Waals surface area contributed by atoms with Gasteiger partial charge in [-0.3, -0.25) is 4.57 Å². The lowest BCUT2D eigenvalue weighted by molar-refractivity contribution is 0.945. The molecule has 39 heavy (non-hydrogen) atoms. The molecule has 0 aliphatic carbocycles. The topological polar surface area (TPSA) is 48.5 Å². The van der Waals surface area contributed by atoms with Crippen molar-refractivity contribution in [3.63, 3.8) is 0 Å². The first kappa shape index (κ1) is 22.0. The molecule has 0 spiro atoms. The Labute approximate surface area is 228 Å². The summed E-state index contributed by atoms with van der Waals surface area (Å²) in [5.41, 5.74) is 6.12. The first-order valence-electron chi connectivity index (χ1n) is 12.8. The van der Waals surface area contributed by atoms with Crippen LogP contribution in [0.3, 0.4) is 0 Å². The minimum atomic E-state index is 0.147. The van der Waals surface area contributed by atoms with Crippen LogP contribution in [0.25, 0.3) is 66.6 Å². The molecule has 8 aromatic rings. The molecule has 3 heterocycles. The van der Waals surface area contributed by atoms with Crippen LogP contribution in [0.5, 0.6) is 0 Å². The summed E-state index contributed by atoms with van der Waals surface area (Å²) in [6, 6.07) is 41.7. The van der Waals surface area contributed by atoms with E-state index in [1.807, 2.05) is 42.5 Å². The number of hydrogen-bond donors (Lipinski definition) is 0. The molecule has 184 valence electrons. The zero-order valence-corrected chi connectivity index (χ0v) is 21.4. The van der Waals surface area contributed by atoms with E-state index in [2.05, 4.69) is 98.0 Å². The fourth-order valence-electron chi connectivity index (χ4n) is 5.74. The van der Waals surface area contributed by atoms with Crippen LogP contribution in [-0.4, -0.2) is 24.1 Å². The molecule has 5 aromatic carbocycles. The highest BCUT2D eigenvalue weighted by Gasteiger charge is 2.19. The Morgan fingerprint density at radius 3 is 1.41 bits per heavy atom. The maximum Gasteiger partial charge on any atom is 0.239 e. The van der Waals surface area contributed by atoms with E-state index >= 15 is 0 Å². The summed E-state index contributed by atoms with van der Waals surface area (Å²) in [4.78, 5) is 14.2. The predicted molar refractivity (Wildman–Crippen MR) is 159 cm³/mol. The lowest BCUT2D eigenvalue weighted by Gasteiger charge is -2.14. The van der Waals surface area contributed by atoms with Crippen molar-refractivity contribution in [2.24, 2.45) is 0 Å². The molecule has 8 rings (SSSR count). The second kappa shape index (κ2) is 8.51. The van der Waals surface area contributed by atoms with E-state index < -0.39 is 0 Å². The fraction of sp³-hybridized carbons (Fsp3) is 0. The van der Waals surface area contributed by atoms with Crippen molar-refractivity contribution in [3.8, 4) is 23.0 Å². The normalized spacial score (nSPS) is 11.7. The van der Waals surface area contributed by atoms with Crippen LogP contribution in [0.2, 0.25) is 5.28 Å². The summed E-state index contributed by atoms with van der Waals surface area (Å²) in [6.45, 7) is 0. The molecule has 0 fully saturated rings. The van der Waals surface area contributed by atoms with E-state index in [1.165, 1.54) is 10.8 Å². The Morgan fingerprint density at radius 2 is 0.872 bits per heavy atom. The zero-order valence-electron chi connectivity index (χ0n) is 20.7. The third-order valence-electron chi connectivity index (χ3n) is 7.34. The first-order valence-corrected chi connectivity index (χ1v) is 13.1. The highest BCUT2D eigenvalue weighted by Crippen LogP contribution is 2.36. The van der Waals surface area contributed by atoms with Crippen LogP contribution in [0, 0.1) is 0 Å². The second-order valence-corrected chi connectivity index (χ2v) is 9.82. The number of aromatic nitrogens is 5. The molecule has 3 aromatic heterocycles. The van der Waals surface area contributed by atoms with Gasteiger partial charge in [-0.15, -0.1) is 0 Å². The van der Waals surface area contributed by atoms with E-state index in [9.17, 15) is 0 Å². The Hall–Kier alpha value is -5.00. The number of hydrogen-bond acceptors (Lipinski definition) is 3. The predicted octanol–water partition coefficient (Wildman–Crippen LogP) is 8.39. The van der Waals surface area contributed by atoms with Gasteiger partial charge in [-0.05, 0) is 48.0 Å². The molecule has 0 aliphatic heterocycles. The van der Waals surface area contributed by atoms with Crippen LogP contribution < -0.4 is 0 Å². The van der Waals surface area contributed by atoms with E-state index in [0.29, 0.717) is 11.8 Å². The molecule has 0 unspecified atom stereocenters. The first-order chi connectivity index (χ1) is 19.3. The Morgan fingerprint density at radius 1 is 0.436 bits per heavy atom. The second-order valence-electron chi connectivity index (χ2n) is 9.48. The van der Waals surface area contributed by atoms with Gasteiger partial charge in [-0.2, -0.15) is 15.0 Å². The Kier molecular flexibility index (Phi) is 4.81. The SMILES string of the molecule is Clc1nc(-c2ccccc2-n2c3ccccc3c3ccccc32)nc(-n2c3ccccc3c3ccccc32)n1. The molecule has 6 heteroatoms. The third-order valence-corrected chi connectivity index (χ3v) is 7.51. The summed E-state index contributed by atoms with van der Waals surface area (Å²) in [5.74, 6) is 1.00. The maximum atomic E-state index is 6.60. The smallest absolute Gasteiger partial charge is 0.239 e. The van der Waals surface area contributed by atoms with Crippen molar-refractivity contribution in [3.05, 3.63) is 127 Å². The van der Waals surface area contributed by atoms with Crippen molar-refractivity contribution in [2.45, 2.75) is 0 Å². The maximum absolute atomic E-state index is 6.60. The van der Waals surface area contributed by atoms with Gasteiger partial charge in [0.05, 0.1) is 27.8 Å². The third kappa shape index (κ3) is 3.30. The molecule has 5 nitrogen and oxygen atoms in total. The average Bonchev–Trinajstić information content (AvgIpc) is 3.50. The summed E-state index contributed by atoms with van der Waals surface area (Å²) in [7, 11) is 0. The molecule has 0 radical (unpaired) electrons. The molecule has 0 saturated carbocycles. The molecule has 0 atom stereocenters. The average molecular weight is 522 g/mol. The minimum absolute atomic E-state index is 0.147. The quantitative estimate of drug-likeness (QED) is 0.234. The van der Waals surface area contributed by atoms with Crippen molar-refractivity contribution in [1.82, 2.24) is 24.1 Å². The van der Waals surface area contributed by atoms with E-state index in [1.54, 1.807) is 0 Å². The lowest BCUT2D eigenvalue weighted by atomic mass is 10.1. The van der Waals surface area contributed by atoms with Crippen LogP contribution in [0.1, 0.15) is 0 Å². The van der Waals surface area contributed by atoms with Crippen LogP contribution in [0.4, 0.5) is 0 Å². The van der Waals surface area contributed by atoms with E-state index in [0.717, 1.165) is 44.1 Å². The van der Waals surface area contributed by atoms with Gasteiger partial charge in [0, 0.05) is 27.1 Å². The largest absolute Gasteiger partial charge is 0.309 e. The minimum Gasteiger partial charge on any atom is -0.309 e. The van der Waals surface area contributed by atoms with Crippen LogP contribution in [0.15, 0.2) is 121 Å². The van der Waals surface area contributed by atoms with E-state index in [4.69, 9.17) is 16.6 Å². The number of fused-ring (bicyclic) bond motifs is 6. The number of benzene rings is 5. The molecule has 0 amide bonds. The van der Waals surface area contributed by atoms with E-state index in [-0.39, 0.29) is 5.28 Å². The van der Waals surface area contributed by atoms with Crippen molar-refractivity contribution in [2.75, 3.05) is 0 Å². The number of para-hydroxylation sites is 5.